The van der Waals surface area contributed by atoms with Gasteiger partial charge in [-0.1, -0.05) is 23.5 Å². The number of carbonyl (C=O) groups excluding carboxylic acids is 1. The topological polar surface area (TPSA) is 51.1 Å². The van der Waals surface area contributed by atoms with Gasteiger partial charge in [-0.3, -0.25) is 14.2 Å². The van der Waals surface area contributed by atoms with Crippen molar-refractivity contribution < 1.29 is 13.6 Å². The Kier molecular flexibility index (Phi) is 5.18. The van der Waals surface area contributed by atoms with E-state index in [4.69, 9.17) is 0 Å². The van der Waals surface area contributed by atoms with Crippen molar-refractivity contribution in [3.05, 3.63) is 80.3 Å². The van der Waals surface area contributed by atoms with E-state index in [1.165, 1.54) is 67.0 Å². The number of amides is 1. The molecule has 1 amide bonds. The number of hydrogen-bond acceptors (Lipinski definition) is 4. The van der Waals surface area contributed by atoms with Crippen molar-refractivity contribution in [2.45, 2.75) is 42.0 Å². The number of thioether (sulfide) groups is 1. The summed E-state index contributed by atoms with van der Waals surface area (Å²) in [6.45, 7) is -0.0866. The molecule has 1 aliphatic heterocycles. The molecule has 170 valence electrons. The lowest BCUT2D eigenvalue weighted by atomic mass is 9.75. The molecule has 0 spiro atoms. The van der Waals surface area contributed by atoms with E-state index in [9.17, 15) is 18.4 Å². The van der Waals surface area contributed by atoms with Crippen molar-refractivity contribution in [2.75, 3.05) is 5.32 Å². The summed E-state index contributed by atoms with van der Waals surface area (Å²) in [5, 5.41) is 4.04. The fourth-order valence-corrected chi connectivity index (χ4v) is 9.16. The third kappa shape index (κ3) is 3.64. The standard InChI is InChI=1S/C25H22F2N2O2S2/c26-16-5-3-13(4-6-16)20-21-14-1-2-15(11-14)22(21)32-24-23(20)33-25(31)29(24)12-19(30)28-18-9-7-17(27)8-10-18/h3-10,14-15,20-22H,1-2,11-12H2,(H,28,30). The lowest BCUT2D eigenvalue weighted by Crippen LogP contribution is -2.34. The predicted molar refractivity (Wildman–Crippen MR) is 126 cm³/mol. The van der Waals surface area contributed by atoms with Gasteiger partial charge in [0.05, 0.1) is 5.03 Å². The van der Waals surface area contributed by atoms with Gasteiger partial charge in [-0.15, -0.1) is 11.8 Å². The van der Waals surface area contributed by atoms with Gasteiger partial charge in [-0.05, 0) is 79.0 Å². The van der Waals surface area contributed by atoms with Crippen LogP contribution in [0.25, 0.3) is 0 Å². The molecule has 3 aliphatic rings. The van der Waals surface area contributed by atoms with Crippen LogP contribution in [0.5, 0.6) is 0 Å². The Balaban J connectivity index is 1.36. The Morgan fingerprint density at radius 1 is 1.00 bits per heavy atom. The summed E-state index contributed by atoms with van der Waals surface area (Å²) in [6, 6.07) is 12.2. The Morgan fingerprint density at radius 3 is 2.39 bits per heavy atom. The summed E-state index contributed by atoms with van der Waals surface area (Å²) in [5.74, 6) is 0.781. The van der Waals surface area contributed by atoms with Crippen LogP contribution in [0, 0.1) is 29.4 Å². The number of benzene rings is 2. The molecule has 2 aliphatic carbocycles. The highest BCUT2D eigenvalue weighted by molar-refractivity contribution is 8.00. The van der Waals surface area contributed by atoms with Gasteiger partial charge in [0.25, 0.3) is 0 Å². The number of aromatic nitrogens is 1. The van der Waals surface area contributed by atoms with E-state index in [1.54, 1.807) is 16.3 Å². The van der Waals surface area contributed by atoms with Crippen LogP contribution in [0.2, 0.25) is 0 Å². The highest BCUT2D eigenvalue weighted by Gasteiger charge is 2.55. The molecular weight excluding hydrogens is 462 g/mol. The van der Waals surface area contributed by atoms with E-state index in [2.05, 4.69) is 5.32 Å². The highest BCUT2D eigenvalue weighted by atomic mass is 32.2. The summed E-state index contributed by atoms with van der Waals surface area (Å²) in [4.78, 5) is 26.6. The van der Waals surface area contributed by atoms with Crippen molar-refractivity contribution in [1.29, 1.82) is 0 Å². The molecule has 0 saturated heterocycles. The number of nitrogens with zero attached hydrogens (tertiary/aromatic N) is 1. The molecule has 5 atom stereocenters. The maximum atomic E-state index is 13.7. The van der Waals surface area contributed by atoms with Gasteiger partial charge >= 0.3 is 4.87 Å². The molecule has 2 heterocycles. The molecule has 3 aromatic rings. The molecule has 1 aromatic heterocycles. The normalized spacial score (nSPS) is 27.3. The summed E-state index contributed by atoms with van der Waals surface area (Å²) in [5.41, 5.74) is 1.54. The van der Waals surface area contributed by atoms with Crippen LogP contribution in [0.3, 0.4) is 0 Å². The van der Waals surface area contributed by atoms with E-state index in [0.29, 0.717) is 28.7 Å². The number of halogens is 2. The van der Waals surface area contributed by atoms with E-state index < -0.39 is 0 Å². The first-order chi connectivity index (χ1) is 16.0. The van der Waals surface area contributed by atoms with Gasteiger partial charge in [0.15, 0.2) is 0 Å². The van der Waals surface area contributed by atoms with Crippen LogP contribution in [-0.2, 0) is 11.3 Å². The Bertz CT molecular complexity index is 1270. The Hall–Kier alpha value is -2.45. The first kappa shape index (κ1) is 21.1. The lowest BCUT2D eigenvalue weighted by molar-refractivity contribution is -0.116. The lowest BCUT2D eigenvalue weighted by Gasteiger charge is -2.40. The quantitative estimate of drug-likeness (QED) is 0.534. The summed E-state index contributed by atoms with van der Waals surface area (Å²) >= 11 is 2.97. The molecule has 0 radical (unpaired) electrons. The predicted octanol–water partition coefficient (Wildman–Crippen LogP) is 5.48. The minimum atomic E-state index is -0.375. The Labute approximate surface area is 198 Å². The van der Waals surface area contributed by atoms with Gasteiger partial charge in [-0.25, -0.2) is 8.78 Å². The zero-order valence-electron chi connectivity index (χ0n) is 17.7. The minimum Gasteiger partial charge on any atom is -0.325 e. The average Bonchev–Trinajstić information content (AvgIpc) is 3.49. The zero-order valence-corrected chi connectivity index (χ0v) is 19.3. The summed E-state index contributed by atoms with van der Waals surface area (Å²) in [7, 11) is 0. The molecule has 2 saturated carbocycles. The fourth-order valence-electron chi connectivity index (χ4n) is 6.01. The van der Waals surface area contributed by atoms with Crippen LogP contribution >= 0.6 is 23.1 Å². The van der Waals surface area contributed by atoms with Crippen LogP contribution in [0.1, 0.15) is 35.6 Å². The summed E-state index contributed by atoms with van der Waals surface area (Å²) in [6.07, 6.45) is 3.64. The van der Waals surface area contributed by atoms with Gasteiger partial charge in [-0.2, -0.15) is 0 Å². The Morgan fingerprint density at radius 2 is 1.67 bits per heavy atom. The molecule has 2 aromatic carbocycles. The third-order valence-electron chi connectivity index (χ3n) is 7.35. The van der Waals surface area contributed by atoms with E-state index in [1.807, 2.05) is 12.1 Å². The van der Waals surface area contributed by atoms with E-state index in [0.717, 1.165) is 15.5 Å². The van der Waals surface area contributed by atoms with Crippen molar-refractivity contribution in [1.82, 2.24) is 4.57 Å². The maximum absolute atomic E-state index is 13.7. The number of carbonyl (C=O) groups is 1. The molecule has 33 heavy (non-hydrogen) atoms. The molecule has 1 N–H and O–H groups in total. The van der Waals surface area contributed by atoms with Crippen molar-refractivity contribution in [3.63, 3.8) is 0 Å². The minimum absolute atomic E-state index is 0.0567. The zero-order chi connectivity index (χ0) is 22.7. The van der Waals surface area contributed by atoms with E-state index >= 15 is 0 Å². The number of nitrogens with one attached hydrogen (secondary N) is 1. The van der Waals surface area contributed by atoms with Crippen molar-refractivity contribution in [3.8, 4) is 0 Å². The number of hydrogen-bond donors (Lipinski definition) is 1. The third-order valence-corrected chi connectivity index (χ3v) is 10.2. The number of rotatable bonds is 4. The van der Waals surface area contributed by atoms with Crippen LogP contribution < -0.4 is 10.2 Å². The van der Waals surface area contributed by atoms with Crippen LogP contribution in [-0.4, -0.2) is 15.7 Å². The largest absolute Gasteiger partial charge is 0.325 e. The van der Waals surface area contributed by atoms with E-state index in [-0.39, 0.29) is 34.9 Å². The second-order valence-corrected chi connectivity index (χ2v) is 11.4. The van der Waals surface area contributed by atoms with Crippen molar-refractivity contribution >= 4 is 34.7 Å². The number of anilines is 1. The molecular formula is C25H22F2N2O2S2. The monoisotopic (exact) mass is 484 g/mol. The first-order valence-electron chi connectivity index (χ1n) is 11.2. The maximum Gasteiger partial charge on any atom is 0.308 e. The van der Waals surface area contributed by atoms with Crippen molar-refractivity contribution in [2.24, 2.45) is 17.8 Å². The average molecular weight is 485 g/mol. The van der Waals surface area contributed by atoms with Crippen LogP contribution in [0.15, 0.2) is 58.4 Å². The summed E-state index contributed by atoms with van der Waals surface area (Å²) < 4.78 is 28.4. The molecule has 6 rings (SSSR count). The molecule has 8 heteroatoms. The van der Waals surface area contributed by atoms with Gasteiger partial charge in [0, 0.05) is 21.7 Å². The van der Waals surface area contributed by atoms with Gasteiger partial charge in [0.2, 0.25) is 5.91 Å². The number of thiazole rings is 1. The molecule has 2 fully saturated rings. The highest BCUT2D eigenvalue weighted by Crippen LogP contribution is 2.63. The first-order valence-corrected chi connectivity index (χ1v) is 12.9. The molecule has 4 nitrogen and oxygen atoms in total. The molecule has 5 unspecified atom stereocenters. The number of fused-ring (bicyclic) bond motifs is 6. The van der Waals surface area contributed by atoms with Gasteiger partial charge < -0.3 is 5.32 Å². The molecule has 2 bridgehead atoms. The fraction of sp³-hybridized carbons (Fsp3) is 0.360. The second-order valence-electron chi connectivity index (χ2n) is 9.20. The SMILES string of the molecule is O=C(Cn1c2c(sc1=O)C(c1ccc(F)cc1)C1C3CCC(C3)C1S2)Nc1ccc(F)cc1. The smallest absolute Gasteiger partial charge is 0.308 e. The second kappa shape index (κ2) is 8.09. The van der Waals surface area contributed by atoms with Crippen LogP contribution in [0.4, 0.5) is 14.5 Å². The van der Waals surface area contributed by atoms with Gasteiger partial charge in [0.1, 0.15) is 18.2 Å².